The van der Waals surface area contributed by atoms with Crippen molar-refractivity contribution in [1.82, 2.24) is 15.1 Å². The number of nitrogens with one attached hydrogen (secondary N) is 1. The number of amides is 2. The Morgan fingerprint density at radius 1 is 0.953 bits per heavy atom. The van der Waals surface area contributed by atoms with E-state index in [1.54, 1.807) is 41.9 Å². The fraction of sp³-hybridized carbons (Fsp3) is 0.875. The van der Waals surface area contributed by atoms with Gasteiger partial charge in [-0.05, 0) is 60.0 Å². The van der Waals surface area contributed by atoms with E-state index in [0.29, 0.717) is 6.42 Å². The number of ketones is 2. The van der Waals surface area contributed by atoms with E-state index in [1.165, 1.54) is 4.90 Å². The molecule has 0 radical (unpaired) electrons. The zero-order valence-electron chi connectivity index (χ0n) is 28.4. The molecule has 1 N–H and O–H groups in total. The summed E-state index contributed by atoms with van der Waals surface area (Å²) in [5.74, 6) is -3.79. The Kier molecular flexibility index (Phi) is 10.8. The number of Topliss-reactive ketones (excluding diaryl/α,β-unsaturated/α-hetero) is 2. The van der Waals surface area contributed by atoms with Crippen molar-refractivity contribution >= 4 is 23.6 Å². The SMILES string of the molecule is COC1C(OC2[C@@H](C)C(=O)[C@@H](C)C(=O)O[C@H](C)C3(C)NC(=O)N(C)C3C(C)C(=O)C(C)CC2(C)C)O[C@H](C)CC1N(C)C. The zero-order valence-corrected chi connectivity index (χ0v) is 28.4. The summed E-state index contributed by atoms with van der Waals surface area (Å²) in [4.78, 5) is 57.9. The van der Waals surface area contributed by atoms with Crippen molar-refractivity contribution in [2.45, 2.75) is 123 Å². The highest BCUT2D eigenvalue weighted by molar-refractivity contribution is 6.00. The topological polar surface area (TPSA) is 124 Å². The summed E-state index contributed by atoms with van der Waals surface area (Å²) in [5.41, 5.74) is -1.73. The van der Waals surface area contributed by atoms with E-state index in [1.807, 2.05) is 48.7 Å². The van der Waals surface area contributed by atoms with Gasteiger partial charge in [-0.3, -0.25) is 14.4 Å². The minimum atomic E-state index is -1.07. The van der Waals surface area contributed by atoms with E-state index in [4.69, 9.17) is 18.9 Å². The molecule has 0 saturated carbocycles. The number of ether oxygens (including phenoxy) is 4. The second-order valence-corrected chi connectivity index (χ2v) is 14.4. The second-order valence-electron chi connectivity index (χ2n) is 14.4. The number of urea groups is 1. The van der Waals surface area contributed by atoms with Gasteiger partial charge in [-0.1, -0.05) is 34.6 Å². The number of carbonyl (C=O) groups is 4. The molecule has 3 fully saturated rings. The molecule has 0 spiro atoms. The van der Waals surface area contributed by atoms with Crippen molar-refractivity contribution in [3.8, 4) is 0 Å². The van der Waals surface area contributed by atoms with Gasteiger partial charge in [0, 0.05) is 38.0 Å². The van der Waals surface area contributed by atoms with Gasteiger partial charge < -0.3 is 34.1 Å². The van der Waals surface area contributed by atoms with E-state index in [0.717, 1.165) is 6.42 Å². The standard InChI is InChI=1S/C32H55N3O8/c1-16-15-31(7,8)27(43-29-25(40-13)22(34(10)11)14-17(2)41-29)19(4)24(37)20(5)28(38)42-21(6)32(9)26(18(3)23(16)36)35(12)30(39)33-32/h16-22,25-27,29H,14-15H2,1-13H3,(H,33,39)/t16?,17-,18?,19+,20-,21-,22?,25?,26?,27?,29?,32?/m1/s1. The molecule has 43 heavy (non-hydrogen) atoms. The highest BCUT2D eigenvalue weighted by atomic mass is 16.7. The number of hydrogen-bond acceptors (Lipinski definition) is 9. The van der Waals surface area contributed by atoms with Crippen molar-refractivity contribution in [1.29, 1.82) is 0 Å². The maximum absolute atomic E-state index is 14.0. The number of hydrogen-bond donors (Lipinski definition) is 1. The molecular formula is C32H55N3O8. The average Bonchev–Trinajstić information content (AvgIpc) is 3.16. The molecule has 2 amide bonds. The number of methoxy groups -OCH3 is 1. The lowest BCUT2D eigenvalue weighted by Gasteiger charge is -2.47. The third-order valence-electron chi connectivity index (χ3n) is 10.4. The first-order chi connectivity index (χ1) is 19.8. The maximum Gasteiger partial charge on any atom is 0.318 e. The van der Waals surface area contributed by atoms with E-state index >= 15 is 0 Å². The summed E-state index contributed by atoms with van der Waals surface area (Å²) in [6.45, 7) is 16.5. The van der Waals surface area contributed by atoms with Gasteiger partial charge in [0.1, 0.15) is 23.9 Å². The highest BCUT2D eigenvalue weighted by Crippen LogP contribution is 2.42. The maximum atomic E-state index is 14.0. The molecule has 3 heterocycles. The van der Waals surface area contributed by atoms with Crippen molar-refractivity contribution in [3.05, 3.63) is 0 Å². The van der Waals surface area contributed by atoms with E-state index in [9.17, 15) is 19.2 Å². The van der Waals surface area contributed by atoms with Crippen LogP contribution in [0.2, 0.25) is 0 Å². The molecule has 8 unspecified atom stereocenters. The Labute approximate surface area is 257 Å². The summed E-state index contributed by atoms with van der Waals surface area (Å²) in [5, 5.41) is 2.95. The van der Waals surface area contributed by atoms with Crippen LogP contribution in [0.3, 0.4) is 0 Å². The van der Waals surface area contributed by atoms with E-state index in [-0.39, 0.29) is 29.7 Å². The molecule has 3 rings (SSSR count). The summed E-state index contributed by atoms with van der Waals surface area (Å²) in [7, 11) is 7.25. The Bertz CT molecular complexity index is 1070. The third kappa shape index (κ3) is 6.79. The minimum Gasteiger partial charge on any atom is -0.460 e. The van der Waals surface area contributed by atoms with Gasteiger partial charge in [0.05, 0.1) is 23.8 Å². The van der Waals surface area contributed by atoms with Crippen LogP contribution in [0.1, 0.15) is 75.2 Å². The number of esters is 1. The number of carbonyl (C=O) groups excluding carboxylic acids is 4. The van der Waals surface area contributed by atoms with Gasteiger partial charge in [0.15, 0.2) is 12.1 Å². The van der Waals surface area contributed by atoms with Gasteiger partial charge >= 0.3 is 12.0 Å². The highest BCUT2D eigenvalue weighted by Gasteiger charge is 2.56. The first-order valence-corrected chi connectivity index (χ1v) is 15.6. The molecule has 246 valence electrons. The van der Waals surface area contributed by atoms with Crippen LogP contribution in [0.15, 0.2) is 0 Å². The fourth-order valence-electron chi connectivity index (χ4n) is 7.81. The van der Waals surface area contributed by atoms with Gasteiger partial charge in [-0.25, -0.2) is 4.79 Å². The molecule has 0 bridgehead atoms. The van der Waals surface area contributed by atoms with E-state index < -0.39 is 71.2 Å². The van der Waals surface area contributed by atoms with Crippen LogP contribution in [-0.4, -0.2) is 110 Å². The Balaban J connectivity index is 2.07. The molecule has 3 aliphatic heterocycles. The number of fused-ring (bicyclic) bond motifs is 1. The van der Waals surface area contributed by atoms with Crippen LogP contribution in [-0.2, 0) is 33.3 Å². The first-order valence-electron chi connectivity index (χ1n) is 15.6. The van der Waals surface area contributed by atoms with Gasteiger partial charge in [0.2, 0.25) is 0 Å². The molecule has 0 aromatic rings. The predicted octanol–water partition coefficient (Wildman–Crippen LogP) is 3.28. The normalized spacial score (nSPS) is 43.2. The molecule has 11 nitrogen and oxygen atoms in total. The molecule has 11 heteroatoms. The smallest absolute Gasteiger partial charge is 0.318 e. The third-order valence-corrected chi connectivity index (χ3v) is 10.4. The number of rotatable bonds is 4. The first kappa shape index (κ1) is 35.4. The van der Waals surface area contributed by atoms with Crippen molar-refractivity contribution in [3.63, 3.8) is 0 Å². The van der Waals surface area contributed by atoms with Gasteiger partial charge in [-0.15, -0.1) is 0 Å². The lowest BCUT2D eigenvalue weighted by molar-refractivity contribution is -0.289. The number of likely N-dealkylation sites (N-methyl/N-ethyl adjacent to an activating group) is 2. The summed E-state index contributed by atoms with van der Waals surface area (Å²) < 4.78 is 24.8. The molecule has 3 aliphatic rings. The van der Waals surface area contributed by atoms with Crippen LogP contribution >= 0.6 is 0 Å². The zero-order chi connectivity index (χ0) is 32.8. The second kappa shape index (κ2) is 13.1. The lowest BCUT2D eigenvalue weighted by Crippen LogP contribution is -2.60. The molecule has 3 saturated heterocycles. The van der Waals surface area contributed by atoms with E-state index in [2.05, 4.69) is 10.2 Å². The number of cyclic esters (lactones) is 1. The fourth-order valence-corrected chi connectivity index (χ4v) is 7.81. The summed E-state index contributed by atoms with van der Waals surface area (Å²) in [6.07, 6.45) is -1.63. The monoisotopic (exact) mass is 609 g/mol. The van der Waals surface area contributed by atoms with Gasteiger partial charge in [-0.2, -0.15) is 0 Å². The van der Waals surface area contributed by atoms with Crippen LogP contribution in [0.4, 0.5) is 4.79 Å². The largest absolute Gasteiger partial charge is 0.460 e. The van der Waals surface area contributed by atoms with Crippen molar-refractivity contribution in [2.75, 3.05) is 28.3 Å². The van der Waals surface area contributed by atoms with Crippen LogP contribution < -0.4 is 5.32 Å². The molecular weight excluding hydrogens is 554 g/mol. The minimum absolute atomic E-state index is 0.0145. The Morgan fingerprint density at radius 3 is 2.12 bits per heavy atom. The molecule has 0 aromatic heterocycles. The molecule has 0 aromatic carbocycles. The van der Waals surface area contributed by atoms with Gasteiger partial charge in [0.25, 0.3) is 0 Å². The lowest BCUT2D eigenvalue weighted by atomic mass is 9.69. The summed E-state index contributed by atoms with van der Waals surface area (Å²) in [6, 6.07) is -0.885. The van der Waals surface area contributed by atoms with Crippen LogP contribution in [0, 0.1) is 29.1 Å². The van der Waals surface area contributed by atoms with Crippen LogP contribution in [0.5, 0.6) is 0 Å². The predicted molar refractivity (Wildman–Crippen MR) is 161 cm³/mol. The Morgan fingerprint density at radius 2 is 1.56 bits per heavy atom. The van der Waals surface area contributed by atoms with Crippen molar-refractivity contribution in [2.24, 2.45) is 29.1 Å². The number of nitrogens with zero attached hydrogens (tertiary/aromatic N) is 2. The summed E-state index contributed by atoms with van der Waals surface area (Å²) >= 11 is 0. The van der Waals surface area contributed by atoms with Crippen molar-refractivity contribution < 1.29 is 38.1 Å². The molecule has 12 atom stereocenters. The average molecular weight is 610 g/mol. The Hall–Kier alpha value is -2.08. The van der Waals surface area contributed by atoms with Crippen LogP contribution in [0.25, 0.3) is 0 Å². The quantitative estimate of drug-likeness (QED) is 0.378. The molecule has 0 aliphatic carbocycles.